The van der Waals surface area contributed by atoms with Crippen LogP contribution in [0.4, 0.5) is 0 Å². The van der Waals surface area contributed by atoms with Crippen LogP contribution in [0.1, 0.15) is 19.4 Å². The third kappa shape index (κ3) is 5.38. The van der Waals surface area contributed by atoms with Crippen molar-refractivity contribution in [3.05, 3.63) is 28.8 Å². The van der Waals surface area contributed by atoms with Crippen LogP contribution in [-0.4, -0.2) is 62.7 Å². The van der Waals surface area contributed by atoms with Gasteiger partial charge >= 0.3 is 0 Å². The average molecular weight is 367 g/mol. The van der Waals surface area contributed by atoms with Crippen LogP contribution in [-0.2, 0) is 4.79 Å². The molecule has 1 aromatic rings. The third-order valence-corrected chi connectivity index (χ3v) is 4.46. The highest BCUT2D eigenvalue weighted by Gasteiger charge is 2.20. The molecule has 25 heavy (non-hydrogen) atoms. The lowest BCUT2D eigenvalue weighted by Crippen LogP contribution is -2.49. The second kappa shape index (κ2) is 9.11. The number of rotatable bonds is 6. The molecule has 0 unspecified atom stereocenters. The number of hydrogen-bond donors (Lipinski definition) is 0. The second-order valence-corrected chi connectivity index (χ2v) is 7.00. The zero-order valence-corrected chi connectivity index (χ0v) is 16.2. The maximum Gasteiger partial charge on any atom is 0.246 e. The van der Waals surface area contributed by atoms with Crippen molar-refractivity contribution in [1.29, 1.82) is 0 Å². The maximum absolute atomic E-state index is 12.4. The molecule has 5 nitrogen and oxygen atoms in total. The number of carbonyl (C=O) groups is 1. The number of benzene rings is 1. The first-order chi connectivity index (χ1) is 11.9. The molecule has 0 atom stereocenters. The summed E-state index contributed by atoms with van der Waals surface area (Å²) in [5, 5.41) is 0.455. The largest absolute Gasteiger partial charge is 0.493 e. The molecule has 0 aliphatic carbocycles. The molecule has 1 aromatic carbocycles. The maximum atomic E-state index is 12.4. The fourth-order valence-electron chi connectivity index (χ4n) is 2.97. The number of piperazine rings is 1. The molecular weight excluding hydrogens is 340 g/mol. The molecule has 0 saturated carbocycles. The first-order valence-electron chi connectivity index (χ1n) is 8.55. The number of hydrogen-bond acceptors (Lipinski definition) is 4. The van der Waals surface area contributed by atoms with Crippen LogP contribution in [0, 0.1) is 5.92 Å². The Morgan fingerprint density at radius 3 is 2.44 bits per heavy atom. The Bertz CT molecular complexity index is 623. The molecule has 1 saturated heterocycles. The standard InChI is InChI=1S/C19H27ClN2O3/c1-14(2)13-21-7-9-22(10-8-21)18(23)6-5-15-11-16(20)19(25-4)17(12-15)24-3/h5-6,11-12,14H,7-10,13H2,1-4H3/b6-5+. The fourth-order valence-corrected chi connectivity index (χ4v) is 3.27. The van der Waals surface area contributed by atoms with E-state index in [1.165, 1.54) is 0 Å². The van der Waals surface area contributed by atoms with Gasteiger partial charge in [0.1, 0.15) is 0 Å². The Hall–Kier alpha value is -1.72. The Balaban J connectivity index is 1.98. The summed E-state index contributed by atoms with van der Waals surface area (Å²) in [4.78, 5) is 16.7. The van der Waals surface area contributed by atoms with Crippen molar-refractivity contribution in [1.82, 2.24) is 9.80 Å². The lowest BCUT2D eigenvalue weighted by molar-refractivity contribution is -0.127. The third-order valence-electron chi connectivity index (χ3n) is 4.18. The van der Waals surface area contributed by atoms with Gasteiger partial charge in [0, 0.05) is 38.8 Å². The monoisotopic (exact) mass is 366 g/mol. The van der Waals surface area contributed by atoms with Crippen molar-refractivity contribution in [3.63, 3.8) is 0 Å². The first-order valence-corrected chi connectivity index (χ1v) is 8.93. The van der Waals surface area contributed by atoms with Gasteiger partial charge in [-0.05, 0) is 29.7 Å². The van der Waals surface area contributed by atoms with Crippen LogP contribution >= 0.6 is 11.6 Å². The number of halogens is 1. The number of ether oxygens (including phenoxy) is 2. The molecule has 1 aliphatic heterocycles. The zero-order valence-electron chi connectivity index (χ0n) is 15.4. The van der Waals surface area contributed by atoms with Crippen LogP contribution in [0.15, 0.2) is 18.2 Å². The topological polar surface area (TPSA) is 42.0 Å². The molecule has 1 aliphatic rings. The van der Waals surface area contributed by atoms with E-state index < -0.39 is 0 Å². The lowest BCUT2D eigenvalue weighted by Gasteiger charge is -2.35. The van der Waals surface area contributed by atoms with Crippen LogP contribution in [0.5, 0.6) is 11.5 Å². The predicted molar refractivity (Wildman–Crippen MR) is 101 cm³/mol. The minimum absolute atomic E-state index is 0.0232. The van der Waals surface area contributed by atoms with Crippen molar-refractivity contribution < 1.29 is 14.3 Å². The van der Waals surface area contributed by atoms with Crippen LogP contribution < -0.4 is 9.47 Å². The molecule has 1 heterocycles. The quantitative estimate of drug-likeness (QED) is 0.725. The molecule has 6 heteroatoms. The van der Waals surface area contributed by atoms with Crippen LogP contribution in [0.2, 0.25) is 5.02 Å². The van der Waals surface area contributed by atoms with Crippen molar-refractivity contribution >= 4 is 23.6 Å². The minimum Gasteiger partial charge on any atom is -0.493 e. The number of methoxy groups -OCH3 is 2. The molecule has 1 fully saturated rings. The average Bonchev–Trinajstić information content (AvgIpc) is 2.59. The summed E-state index contributed by atoms with van der Waals surface area (Å²) in [6.45, 7) is 8.91. The van der Waals surface area contributed by atoms with E-state index in [4.69, 9.17) is 21.1 Å². The van der Waals surface area contributed by atoms with E-state index in [1.807, 2.05) is 4.90 Å². The second-order valence-electron chi connectivity index (χ2n) is 6.59. The summed E-state index contributed by atoms with van der Waals surface area (Å²) >= 11 is 6.20. The summed E-state index contributed by atoms with van der Waals surface area (Å²) in [5.74, 6) is 1.71. The molecule has 2 rings (SSSR count). The molecule has 0 spiro atoms. The highest BCUT2D eigenvalue weighted by atomic mass is 35.5. The number of amides is 1. The molecule has 0 bridgehead atoms. The van der Waals surface area contributed by atoms with Gasteiger partial charge < -0.3 is 14.4 Å². The Morgan fingerprint density at radius 2 is 1.88 bits per heavy atom. The van der Waals surface area contributed by atoms with Gasteiger partial charge in [0.25, 0.3) is 0 Å². The number of nitrogens with zero attached hydrogens (tertiary/aromatic N) is 2. The van der Waals surface area contributed by atoms with Gasteiger partial charge in [-0.15, -0.1) is 0 Å². The number of carbonyl (C=O) groups excluding carboxylic acids is 1. The Labute approximate surface area is 155 Å². The van der Waals surface area contributed by atoms with Gasteiger partial charge in [0.05, 0.1) is 19.2 Å². The molecule has 138 valence electrons. The first kappa shape index (κ1) is 19.6. The lowest BCUT2D eigenvalue weighted by atomic mass is 10.1. The van der Waals surface area contributed by atoms with Gasteiger partial charge in [-0.1, -0.05) is 25.4 Å². The van der Waals surface area contributed by atoms with Crippen LogP contribution in [0.3, 0.4) is 0 Å². The Kier molecular flexibility index (Phi) is 7.14. The molecule has 1 amide bonds. The smallest absolute Gasteiger partial charge is 0.246 e. The van der Waals surface area contributed by atoms with E-state index >= 15 is 0 Å². The highest BCUT2D eigenvalue weighted by molar-refractivity contribution is 6.32. The van der Waals surface area contributed by atoms with E-state index in [1.54, 1.807) is 38.5 Å². The van der Waals surface area contributed by atoms with E-state index in [2.05, 4.69) is 18.7 Å². The van der Waals surface area contributed by atoms with E-state index in [-0.39, 0.29) is 5.91 Å². The zero-order chi connectivity index (χ0) is 18.4. The summed E-state index contributed by atoms with van der Waals surface area (Å²) in [6.07, 6.45) is 3.35. The normalized spacial score (nSPS) is 15.8. The predicted octanol–water partition coefficient (Wildman–Crippen LogP) is 3.17. The molecule has 0 N–H and O–H groups in total. The Morgan fingerprint density at radius 1 is 1.20 bits per heavy atom. The molecule has 0 aromatic heterocycles. The van der Waals surface area contributed by atoms with Crippen molar-refractivity contribution in [3.8, 4) is 11.5 Å². The van der Waals surface area contributed by atoms with Gasteiger partial charge in [-0.25, -0.2) is 0 Å². The minimum atomic E-state index is 0.0232. The van der Waals surface area contributed by atoms with Gasteiger partial charge in [0.15, 0.2) is 11.5 Å². The summed E-state index contributed by atoms with van der Waals surface area (Å²) in [6, 6.07) is 3.56. The van der Waals surface area contributed by atoms with E-state index in [0.29, 0.717) is 22.4 Å². The summed E-state index contributed by atoms with van der Waals surface area (Å²) < 4.78 is 10.5. The summed E-state index contributed by atoms with van der Waals surface area (Å²) in [7, 11) is 3.10. The SMILES string of the molecule is COc1cc(/C=C/C(=O)N2CCN(CC(C)C)CC2)cc(Cl)c1OC. The van der Waals surface area contributed by atoms with Crippen molar-refractivity contribution in [2.45, 2.75) is 13.8 Å². The van der Waals surface area contributed by atoms with Crippen LogP contribution in [0.25, 0.3) is 6.08 Å². The highest BCUT2D eigenvalue weighted by Crippen LogP contribution is 2.36. The van der Waals surface area contributed by atoms with Crippen molar-refractivity contribution in [2.24, 2.45) is 5.92 Å². The van der Waals surface area contributed by atoms with E-state index in [0.717, 1.165) is 38.3 Å². The van der Waals surface area contributed by atoms with Crippen molar-refractivity contribution in [2.75, 3.05) is 46.9 Å². The van der Waals surface area contributed by atoms with Gasteiger partial charge in [0.2, 0.25) is 5.91 Å². The van der Waals surface area contributed by atoms with E-state index in [9.17, 15) is 4.79 Å². The summed E-state index contributed by atoms with van der Waals surface area (Å²) in [5.41, 5.74) is 0.800. The molecule has 0 radical (unpaired) electrons. The molecular formula is C19H27ClN2O3. The van der Waals surface area contributed by atoms with Gasteiger partial charge in [-0.3, -0.25) is 9.69 Å². The van der Waals surface area contributed by atoms with Gasteiger partial charge in [-0.2, -0.15) is 0 Å². The fraction of sp³-hybridized carbons (Fsp3) is 0.526.